The van der Waals surface area contributed by atoms with Gasteiger partial charge in [0.05, 0.1) is 17.6 Å². The Morgan fingerprint density at radius 2 is 1.69 bits per heavy atom. The molecule has 0 aliphatic heterocycles. The number of thiophene rings is 1. The molecule has 4 rings (SSSR count). The van der Waals surface area contributed by atoms with E-state index in [9.17, 15) is 0 Å². The molecule has 4 heteroatoms. The van der Waals surface area contributed by atoms with Gasteiger partial charge in [-0.15, -0.1) is 0 Å². The molecule has 0 amide bonds. The number of hydrogen-bond acceptors (Lipinski definition) is 2. The summed E-state index contributed by atoms with van der Waals surface area (Å²) in [7, 11) is 0. The summed E-state index contributed by atoms with van der Waals surface area (Å²) in [5.41, 5.74) is 6.67. The monoisotopic (exact) mass is 361 g/mol. The molecule has 0 bridgehead atoms. The lowest BCUT2D eigenvalue weighted by atomic mass is 10.1. The zero-order valence-electron chi connectivity index (χ0n) is 15.1. The molecule has 3 nitrogen and oxygen atoms in total. The third kappa shape index (κ3) is 3.13. The van der Waals surface area contributed by atoms with Crippen molar-refractivity contribution in [3.63, 3.8) is 0 Å². The van der Waals surface area contributed by atoms with Crippen LogP contribution >= 0.6 is 11.3 Å². The number of benzene rings is 2. The van der Waals surface area contributed by atoms with E-state index in [1.807, 2.05) is 0 Å². The number of imidazole rings is 1. The van der Waals surface area contributed by atoms with Crippen molar-refractivity contribution < 1.29 is 0 Å². The second-order valence-corrected chi connectivity index (χ2v) is 7.72. The summed E-state index contributed by atoms with van der Waals surface area (Å²) in [5, 5.41) is 13.1. The van der Waals surface area contributed by atoms with E-state index in [0.29, 0.717) is 5.62 Å². The summed E-state index contributed by atoms with van der Waals surface area (Å²) >= 11 is 1.70. The Bertz CT molecular complexity index is 1070. The Balaban J connectivity index is 1.75. The zero-order chi connectivity index (χ0) is 18.1. The Kier molecular flexibility index (Phi) is 4.51. The second kappa shape index (κ2) is 6.96. The van der Waals surface area contributed by atoms with E-state index in [-0.39, 0.29) is 6.04 Å². The SMILES string of the molecule is Cc1ccc(CC(C)n2c(=N)n(Cc3ccsc3)c3ccccc32)cc1. The first-order valence-corrected chi connectivity index (χ1v) is 9.89. The lowest BCUT2D eigenvalue weighted by Crippen LogP contribution is -2.27. The van der Waals surface area contributed by atoms with Crippen molar-refractivity contribution in [2.75, 3.05) is 0 Å². The van der Waals surface area contributed by atoms with Crippen LogP contribution in [-0.4, -0.2) is 9.13 Å². The molecule has 0 radical (unpaired) electrons. The van der Waals surface area contributed by atoms with Gasteiger partial charge < -0.3 is 9.13 Å². The van der Waals surface area contributed by atoms with E-state index in [4.69, 9.17) is 5.41 Å². The highest BCUT2D eigenvalue weighted by Crippen LogP contribution is 2.21. The number of aryl methyl sites for hydroxylation is 1. The van der Waals surface area contributed by atoms with Crippen LogP contribution < -0.4 is 5.62 Å². The fourth-order valence-electron chi connectivity index (χ4n) is 3.58. The Morgan fingerprint density at radius 1 is 0.962 bits per heavy atom. The molecule has 0 aliphatic rings. The van der Waals surface area contributed by atoms with E-state index in [0.717, 1.165) is 24.0 Å². The maximum atomic E-state index is 8.84. The summed E-state index contributed by atoms with van der Waals surface area (Å²) in [5.74, 6) is 0. The smallest absolute Gasteiger partial charge is 0.203 e. The van der Waals surface area contributed by atoms with E-state index in [1.54, 1.807) is 11.3 Å². The van der Waals surface area contributed by atoms with Crippen molar-refractivity contribution >= 4 is 22.4 Å². The summed E-state index contributed by atoms with van der Waals surface area (Å²) in [6.07, 6.45) is 0.920. The quantitative estimate of drug-likeness (QED) is 0.510. The van der Waals surface area contributed by atoms with E-state index in [2.05, 4.69) is 88.3 Å². The molecule has 1 atom stereocenters. The lowest BCUT2D eigenvalue weighted by molar-refractivity contribution is 0.514. The molecule has 1 unspecified atom stereocenters. The van der Waals surface area contributed by atoms with Crippen LogP contribution in [0.1, 0.15) is 29.7 Å². The van der Waals surface area contributed by atoms with Crippen molar-refractivity contribution in [2.45, 2.75) is 32.9 Å². The van der Waals surface area contributed by atoms with Crippen molar-refractivity contribution in [3.05, 3.63) is 87.7 Å². The summed E-state index contributed by atoms with van der Waals surface area (Å²) < 4.78 is 4.28. The maximum absolute atomic E-state index is 8.84. The predicted molar refractivity (Wildman–Crippen MR) is 109 cm³/mol. The van der Waals surface area contributed by atoms with Gasteiger partial charge in [0.25, 0.3) is 0 Å². The fourth-order valence-corrected chi connectivity index (χ4v) is 4.24. The van der Waals surface area contributed by atoms with E-state index in [1.165, 1.54) is 16.7 Å². The van der Waals surface area contributed by atoms with Crippen molar-refractivity contribution in [3.8, 4) is 0 Å². The molecule has 0 saturated carbocycles. The van der Waals surface area contributed by atoms with Crippen LogP contribution in [0, 0.1) is 12.3 Å². The lowest BCUT2D eigenvalue weighted by Gasteiger charge is -2.15. The number of nitrogens with zero attached hydrogens (tertiary/aromatic N) is 2. The highest BCUT2D eigenvalue weighted by Gasteiger charge is 2.16. The van der Waals surface area contributed by atoms with Crippen LogP contribution in [0.5, 0.6) is 0 Å². The topological polar surface area (TPSA) is 33.7 Å². The predicted octanol–water partition coefficient (Wildman–Crippen LogP) is 5.14. The van der Waals surface area contributed by atoms with Gasteiger partial charge in [0.2, 0.25) is 5.62 Å². The van der Waals surface area contributed by atoms with Gasteiger partial charge in [-0.05, 0) is 60.4 Å². The first kappa shape index (κ1) is 16.9. The average molecular weight is 362 g/mol. The Morgan fingerprint density at radius 3 is 2.38 bits per heavy atom. The summed E-state index contributed by atoms with van der Waals surface area (Å²) in [4.78, 5) is 0. The maximum Gasteiger partial charge on any atom is 0.203 e. The normalized spacial score (nSPS) is 12.5. The molecule has 0 saturated heterocycles. The van der Waals surface area contributed by atoms with Crippen LogP contribution in [0.25, 0.3) is 11.0 Å². The minimum absolute atomic E-state index is 0.221. The van der Waals surface area contributed by atoms with Crippen LogP contribution in [0.4, 0.5) is 0 Å². The van der Waals surface area contributed by atoms with Crippen molar-refractivity contribution in [1.29, 1.82) is 5.41 Å². The molecule has 0 spiro atoms. The minimum atomic E-state index is 0.221. The van der Waals surface area contributed by atoms with Gasteiger partial charge in [-0.3, -0.25) is 5.41 Å². The van der Waals surface area contributed by atoms with Gasteiger partial charge in [-0.2, -0.15) is 11.3 Å². The molecule has 26 heavy (non-hydrogen) atoms. The summed E-state index contributed by atoms with van der Waals surface area (Å²) in [6.45, 7) is 5.06. The van der Waals surface area contributed by atoms with Crippen LogP contribution in [0.3, 0.4) is 0 Å². The van der Waals surface area contributed by atoms with E-state index >= 15 is 0 Å². The number of rotatable bonds is 5. The number of nitrogens with one attached hydrogen (secondary N) is 1. The first-order chi connectivity index (χ1) is 12.6. The fraction of sp³-hybridized carbons (Fsp3) is 0.227. The number of hydrogen-bond donors (Lipinski definition) is 1. The number of fused-ring (bicyclic) bond motifs is 1. The van der Waals surface area contributed by atoms with Gasteiger partial charge in [0, 0.05) is 6.04 Å². The number of para-hydroxylation sites is 2. The molecular formula is C22H23N3S. The first-order valence-electron chi connectivity index (χ1n) is 8.94. The van der Waals surface area contributed by atoms with Gasteiger partial charge in [0.15, 0.2) is 0 Å². The molecule has 4 aromatic rings. The molecule has 132 valence electrons. The largest absolute Gasteiger partial charge is 0.307 e. The number of aromatic nitrogens is 2. The van der Waals surface area contributed by atoms with Gasteiger partial charge in [0.1, 0.15) is 0 Å². The summed E-state index contributed by atoms with van der Waals surface area (Å²) in [6, 6.07) is 19.4. The van der Waals surface area contributed by atoms with Crippen LogP contribution in [0.15, 0.2) is 65.4 Å². The zero-order valence-corrected chi connectivity index (χ0v) is 16.0. The van der Waals surface area contributed by atoms with E-state index < -0.39 is 0 Å². The minimum Gasteiger partial charge on any atom is -0.307 e. The molecule has 0 aliphatic carbocycles. The molecule has 2 aromatic carbocycles. The highest BCUT2D eigenvalue weighted by atomic mass is 32.1. The third-order valence-corrected chi connectivity index (χ3v) is 5.66. The Labute approximate surface area is 157 Å². The van der Waals surface area contributed by atoms with Crippen LogP contribution in [0.2, 0.25) is 0 Å². The second-order valence-electron chi connectivity index (χ2n) is 6.94. The molecule has 2 heterocycles. The average Bonchev–Trinajstić information content (AvgIpc) is 3.24. The molecule has 2 aromatic heterocycles. The van der Waals surface area contributed by atoms with Crippen molar-refractivity contribution in [1.82, 2.24) is 9.13 Å². The highest BCUT2D eigenvalue weighted by molar-refractivity contribution is 7.07. The van der Waals surface area contributed by atoms with Gasteiger partial charge >= 0.3 is 0 Å². The Hall–Kier alpha value is -2.59. The van der Waals surface area contributed by atoms with Gasteiger partial charge in [-0.25, -0.2) is 0 Å². The standard InChI is InChI=1S/C22H23N3S/c1-16-7-9-18(10-8-16)13-17(2)25-21-6-4-3-5-20(21)24(22(25)23)14-19-11-12-26-15-19/h3-12,15,17,23H,13-14H2,1-2H3. The molecular weight excluding hydrogens is 338 g/mol. The van der Waals surface area contributed by atoms with Gasteiger partial charge in [-0.1, -0.05) is 42.0 Å². The van der Waals surface area contributed by atoms with Crippen LogP contribution in [-0.2, 0) is 13.0 Å². The van der Waals surface area contributed by atoms with Crippen molar-refractivity contribution in [2.24, 2.45) is 0 Å². The molecule has 1 N–H and O–H groups in total. The molecule has 0 fully saturated rings. The third-order valence-electron chi connectivity index (χ3n) is 4.93.